The Kier molecular flexibility index (Phi) is 7.14. The van der Waals surface area contributed by atoms with Crippen molar-refractivity contribution >= 4 is 44.0 Å². The van der Waals surface area contributed by atoms with Crippen LogP contribution in [0.5, 0.6) is 0 Å². The molecule has 59 heavy (non-hydrogen) atoms. The fourth-order valence-electron chi connectivity index (χ4n) is 8.85. The topological polar surface area (TPSA) is 90.7 Å². The number of fused-ring (bicyclic) bond motifs is 9. The molecule has 0 aliphatic heterocycles. The molecule has 1 aliphatic rings. The number of aromatic nitrogens is 5. The van der Waals surface area contributed by atoms with E-state index in [1.807, 2.05) is 103 Å². The lowest BCUT2D eigenvalue weighted by Crippen LogP contribution is -2.14. The summed E-state index contributed by atoms with van der Waals surface area (Å²) in [5.74, 6) is 2.37. The van der Waals surface area contributed by atoms with E-state index in [9.17, 15) is 0 Å². The number of hydrogen-bond donors (Lipinski definition) is 0. The first-order valence-electron chi connectivity index (χ1n) is 19.7. The summed E-state index contributed by atoms with van der Waals surface area (Å²) in [4.78, 5) is 25.5. The highest BCUT2D eigenvalue weighted by Crippen LogP contribution is 2.50. The quantitative estimate of drug-likeness (QED) is 0.172. The van der Waals surface area contributed by atoms with Crippen LogP contribution >= 0.6 is 0 Å². The van der Waals surface area contributed by atoms with E-state index in [4.69, 9.17) is 33.8 Å². The van der Waals surface area contributed by atoms with Crippen LogP contribution in [0.4, 0.5) is 0 Å². The molecule has 0 radical (unpaired) electrons. The summed E-state index contributed by atoms with van der Waals surface area (Å²) in [6.45, 7) is 4.59. The number of hydrogen-bond acceptors (Lipinski definition) is 7. The number of rotatable bonds is 5. The zero-order chi connectivity index (χ0) is 39.2. The Morgan fingerprint density at radius 1 is 0.390 bits per heavy atom. The molecule has 7 aromatic carbocycles. The van der Waals surface area contributed by atoms with Crippen molar-refractivity contribution in [1.82, 2.24) is 24.9 Å². The molecule has 7 nitrogen and oxygen atoms in total. The van der Waals surface area contributed by atoms with Gasteiger partial charge in [-0.3, -0.25) is 0 Å². The van der Waals surface area contributed by atoms with Crippen LogP contribution in [0.15, 0.2) is 173 Å². The molecule has 0 N–H and O–H groups in total. The fourth-order valence-corrected chi connectivity index (χ4v) is 8.85. The third-order valence-corrected chi connectivity index (χ3v) is 11.8. The smallest absolute Gasteiger partial charge is 0.180 e. The predicted octanol–water partition coefficient (Wildman–Crippen LogP) is 13.1. The molecular formula is C52H33N5O2. The van der Waals surface area contributed by atoms with E-state index < -0.39 is 0 Å². The molecule has 278 valence electrons. The van der Waals surface area contributed by atoms with Crippen molar-refractivity contribution in [2.24, 2.45) is 0 Å². The maximum absolute atomic E-state index is 6.62. The van der Waals surface area contributed by atoms with Crippen molar-refractivity contribution in [3.63, 3.8) is 0 Å². The van der Waals surface area contributed by atoms with Crippen LogP contribution in [0.1, 0.15) is 25.0 Å². The van der Waals surface area contributed by atoms with Crippen LogP contribution in [0.3, 0.4) is 0 Å². The summed E-state index contributed by atoms with van der Waals surface area (Å²) in [6.07, 6.45) is 0. The summed E-state index contributed by atoms with van der Waals surface area (Å²) in [7, 11) is 0. The Hall–Kier alpha value is -7.77. The molecule has 12 rings (SSSR count). The molecule has 0 saturated heterocycles. The van der Waals surface area contributed by atoms with Crippen LogP contribution in [0, 0.1) is 0 Å². The second kappa shape index (κ2) is 12.6. The van der Waals surface area contributed by atoms with Crippen LogP contribution in [0.25, 0.3) is 112 Å². The molecule has 1 aliphatic carbocycles. The number of para-hydroxylation sites is 1. The summed E-state index contributed by atoms with van der Waals surface area (Å²) in [5, 5.41) is 2.81. The van der Waals surface area contributed by atoms with Crippen molar-refractivity contribution in [2.75, 3.05) is 0 Å². The van der Waals surface area contributed by atoms with Crippen LogP contribution in [-0.4, -0.2) is 24.9 Å². The van der Waals surface area contributed by atoms with Gasteiger partial charge in [-0.2, -0.15) is 0 Å². The molecule has 0 bridgehead atoms. The molecule has 0 saturated carbocycles. The van der Waals surface area contributed by atoms with Gasteiger partial charge in [0.15, 0.2) is 28.9 Å². The average Bonchev–Trinajstić information content (AvgIpc) is 3.93. The van der Waals surface area contributed by atoms with E-state index in [1.54, 1.807) is 0 Å². The van der Waals surface area contributed by atoms with E-state index in [0.29, 0.717) is 34.5 Å². The largest absolute Gasteiger partial charge is 0.456 e. The van der Waals surface area contributed by atoms with Crippen molar-refractivity contribution < 1.29 is 8.83 Å². The van der Waals surface area contributed by atoms with Crippen molar-refractivity contribution in [3.05, 3.63) is 175 Å². The van der Waals surface area contributed by atoms with Gasteiger partial charge in [-0.1, -0.05) is 141 Å². The lowest BCUT2D eigenvalue weighted by atomic mass is 9.82. The van der Waals surface area contributed by atoms with Crippen molar-refractivity contribution in [3.8, 4) is 67.9 Å². The second-order valence-electron chi connectivity index (χ2n) is 15.6. The van der Waals surface area contributed by atoms with Gasteiger partial charge in [0.1, 0.15) is 28.0 Å². The Labute approximate surface area is 338 Å². The molecular weight excluding hydrogens is 727 g/mol. The minimum atomic E-state index is -0.163. The Bertz CT molecular complexity index is 3420. The Morgan fingerprint density at radius 3 is 1.81 bits per heavy atom. The highest BCUT2D eigenvalue weighted by atomic mass is 16.3. The maximum atomic E-state index is 6.62. The third kappa shape index (κ3) is 5.18. The minimum Gasteiger partial charge on any atom is -0.456 e. The fraction of sp³-hybridized carbons (Fsp3) is 0.0577. The molecule has 11 aromatic rings. The van der Waals surface area contributed by atoms with E-state index >= 15 is 0 Å². The summed E-state index contributed by atoms with van der Waals surface area (Å²) in [6, 6.07) is 55.7. The van der Waals surface area contributed by atoms with Gasteiger partial charge in [0, 0.05) is 49.4 Å². The first-order valence-corrected chi connectivity index (χ1v) is 19.7. The standard InChI is InChI=1S/C52H33N5O2/c1-52(2)39-21-11-9-18-34(39)35-26-24-32(28-40(35)52)45-47-46(37-19-10-12-22-41(37)59-47)54-50(53-45)33-25-27-36-43(29-33)58-42-23-13-20-38(44(36)42)51-56-48(30-14-5-3-6-15-30)55-49(57-51)31-16-7-4-8-17-31/h3-29H,1-2H3. The normalized spacial score (nSPS) is 13.1. The zero-order valence-electron chi connectivity index (χ0n) is 32.1. The molecule has 4 aromatic heterocycles. The lowest BCUT2D eigenvalue weighted by molar-refractivity contribution is 0.659. The highest BCUT2D eigenvalue weighted by molar-refractivity contribution is 6.13. The molecule has 0 amide bonds. The minimum absolute atomic E-state index is 0.163. The Morgan fingerprint density at radius 2 is 1.02 bits per heavy atom. The van der Waals surface area contributed by atoms with E-state index in [2.05, 4.69) is 74.5 Å². The van der Waals surface area contributed by atoms with Gasteiger partial charge in [-0.15, -0.1) is 0 Å². The molecule has 4 heterocycles. The van der Waals surface area contributed by atoms with Crippen molar-refractivity contribution in [2.45, 2.75) is 19.3 Å². The lowest BCUT2D eigenvalue weighted by Gasteiger charge is -2.21. The van der Waals surface area contributed by atoms with Crippen molar-refractivity contribution in [1.29, 1.82) is 0 Å². The van der Waals surface area contributed by atoms with Crippen LogP contribution < -0.4 is 0 Å². The number of benzene rings is 7. The number of nitrogens with zero attached hydrogens (tertiary/aromatic N) is 5. The van der Waals surface area contributed by atoms with Gasteiger partial charge in [-0.05, 0) is 58.7 Å². The van der Waals surface area contributed by atoms with E-state index in [0.717, 1.165) is 66.4 Å². The van der Waals surface area contributed by atoms with E-state index in [1.165, 1.54) is 22.3 Å². The van der Waals surface area contributed by atoms with Gasteiger partial charge in [-0.25, -0.2) is 24.9 Å². The van der Waals surface area contributed by atoms with Gasteiger partial charge in [0.25, 0.3) is 0 Å². The van der Waals surface area contributed by atoms with Gasteiger partial charge in [0.05, 0.1) is 0 Å². The molecule has 0 spiro atoms. The van der Waals surface area contributed by atoms with Crippen LogP contribution in [0.2, 0.25) is 0 Å². The molecule has 7 heteroatoms. The highest BCUT2D eigenvalue weighted by Gasteiger charge is 2.35. The predicted molar refractivity (Wildman–Crippen MR) is 235 cm³/mol. The van der Waals surface area contributed by atoms with Gasteiger partial charge >= 0.3 is 0 Å². The maximum Gasteiger partial charge on any atom is 0.180 e. The summed E-state index contributed by atoms with van der Waals surface area (Å²) in [5.41, 5.74) is 13.9. The SMILES string of the molecule is CC1(C)c2ccccc2-c2ccc(-c3nc(-c4ccc5c(c4)oc4cccc(-c6nc(-c7ccccc7)nc(-c7ccccc7)n6)c45)nc4c3oc3ccccc34)cc21. The summed E-state index contributed by atoms with van der Waals surface area (Å²) >= 11 is 0. The Balaban J connectivity index is 1.02. The molecule has 0 atom stereocenters. The second-order valence-corrected chi connectivity index (χ2v) is 15.6. The van der Waals surface area contributed by atoms with Gasteiger partial charge in [0.2, 0.25) is 0 Å². The first-order chi connectivity index (χ1) is 29.0. The number of furan rings is 2. The van der Waals surface area contributed by atoms with E-state index in [-0.39, 0.29) is 5.41 Å². The first kappa shape index (κ1) is 33.4. The third-order valence-electron chi connectivity index (χ3n) is 11.8. The van der Waals surface area contributed by atoms with Crippen LogP contribution in [-0.2, 0) is 5.41 Å². The monoisotopic (exact) mass is 759 g/mol. The molecule has 0 fully saturated rings. The molecule has 0 unspecified atom stereocenters. The zero-order valence-corrected chi connectivity index (χ0v) is 32.1. The van der Waals surface area contributed by atoms with Gasteiger partial charge < -0.3 is 8.83 Å². The average molecular weight is 760 g/mol. The summed E-state index contributed by atoms with van der Waals surface area (Å²) < 4.78 is 13.2.